The van der Waals surface area contributed by atoms with E-state index in [1.54, 1.807) is 11.3 Å². The number of benzene rings is 2. The van der Waals surface area contributed by atoms with Crippen LogP contribution in [0.15, 0.2) is 95.7 Å². The molecule has 2 aromatic carbocycles. The maximum absolute atomic E-state index is 4.55. The fourth-order valence-corrected chi connectivity index (χ4v) is 6.49. The van der Waals surface area contributed by atoms with Crippen molar-refractivity contribution in [3.05, 3.63) is 112 Å². The molecule has 1 saturated heterocycles. The van der Waals surface area contributed by atoms with Crippen LogP contribution in [0.25, 0.3) is 6.08 Å². The molecule has 0 aromatic heterocycles. The van der Waals surface area contributed by atoms with E-state index < -0.39 is 0 Å². The van der Waals surface area contributed by atoms with Gasteiger partial charge in [0.25, 0.3) is 0 Å². The van der Waals surface area contributed by atoms with Crippen LogP contribution in [0.3, 0.4) is 0 Å². The zero-order chi connectivity index (χ0) is 23.9. The second kappa shape index (κ2) is 9.10. The molecule has 0 amide bonds. The number of fused-ring (bicyclic) bond motifs is 2. The number of nitrogens with zero attached hydrogens (tertiary/aromatic N) is 1. The molecule has 2 unspecified atom stereocenters. The Balaban J connectivity index is 1.56. The fourth-order valence-electron chi connectivity index (χ4n) is 6.49. The van der Waals surface area contributed by atoms with Crippen molar-refractivity contribution in [1.82, 2.24) is 4.90 Å². The van der Waals surface area contributed by atoms with Gasteiger partial charge in [-0.2, -0.15) is 0 Å². The van der Waals surface area contributed by atoms with Crippen LogP contribution < -0.4 is 0 Å². The third kappa shape index (κ3) is 4.45. The van der Waals surface area contributed by atoms with Gasteiger partial charge in [-0.25, -0.2) is 0 Å². The molecule has 0 N–H and O–H groups in total. The Kier molecular flexibility index (Phi) is 6.15. The van der Waals surface area contributed by atoms with Crippen LogP contribution in [0, 0.1) is 5.41 Å². The lowest BCUT2D eigenvalue weighted by molar-refractivity contribution is 0.313. The highest BCUT2D eigenvalue weighted by atomic mass is 15.2. The van der Waals surface area contributed by atoms with Crippen molar-refractivity contribution in [2.75, 3.05) is 6.54 Å². The Morgan fingerprint density at radius 3 is 2.47 bits per heavy atom. The number of rotatable bonds is 8. The summed E-state index contributed by atoms with van der Waals surface area (Å²) in [6.07, 6.45) is 9.08. The molecule has 1 nitrogen and oxygen atoms in total. The molecular weight excluding hydrogens is 410 g/mol. The van der Waals surface area contributed by atoms with Gasteiger partial charge in [0.15, 0.2) is 0 Å². The Hall–Kier alpha value is -2.80. The summed E-state index contributed by atoms with van der Waals surface area (Å²) >= 11 is 0. The smallest absolute Gasteiger partial charge is 0.0403 e. The summed E-state index contributed by atoms with van der Waals surface area (Å²) in [7, 11) is 0. The average Bonchev–Trinajstić information content (AvgIpc) is 3.43. The zero-order valence-corrected chi connectivity index (χ0v) is 21.2. The first-order valence-corrected chi connectivity index (χ1v) is 13.0. The largest absolute Gasteiger partial charge is 0.370 e. The minimum atomic E-state index is 0.336. The molecule has 2 aromatic rings. The topological polar surface area (TPSA) is 3.24 Å². The van der Waals surface area contributed by atoms with Crippen molar-refractivity contribution in [1.29, 1.82) is 0 Å². The number of allylic oxidation sites excluding steroid dienone is 3. The minimum absolute atomic E-state index is 0.336. The summed E-state index contributed by atoms with van der Waals surface area (Å²) in [5.74, 6) is 0.432. The van der Waals surface area contributed by atoms with Crippen LogP contribution in [0.4, 0.5) is 0 Å². The van der Waals surface area contributed by atoms with Crippen LogP contribution in [0.5, 0.6) is 0 Å². The van der Waals surface area contributed by atoms with Crippen LogP contribution in [-0.2, 0) is 6.42 Å². The van der Waals surface area contributed by atoms with Crippen LogP contribution in [-0.4, -0.2) is 17.5 Å². The quantitative estimate of drug-likeness (QED) is 0.365. The van der Waals surface area contributed by atoms with E-state index in [-0.39, 0.29) is 0 Å². The van der Waals surface area contributed by atoms with Crippen LogP contribution in [0.2, 0.25) is 0 Å². The molecule has 176 valence electrons. The Labute approximate surface area is 206 Å². The van der Waals surface area contributed by atoms with Crippen molar-refractivity contribution in [3.8, 4) is 0 Å². The van der Waals surface area contributed by atoms with Crippen LogP contribution in [0.1, 0.15) is 75.5 Å². The first-order valence-electron chi connectivity index (χ1n) is 13.0. The predicted molar refractivity (Wildman–Crippen MR) is 146 cm³/mol. The zero-order valence-electron chi connectivity index (χ0n) is 21.2. The van der Waals surface area contributed by atoms with Crippen molar-refractivity contribution in [2.24, 2.45) is 5.41 Å². The van der Waals surface area contributed by atoms with Crippen molar-refractivity contribution in [2.45, 2.75) is 71.3 Å². The van der Waals surface area contributed by atoms with Crippen molar-refractivity contribution >= 4 is 6.08 Å². The summed E-state index contributed by atoms with van der Waals surface area (Å²) in [4.78, 5) is 2.78. The van der Waals surface area contributed by atoms with Gasteiger partial charge in [-0.1, -0.05) is 92.2 Å². The minimum Gasteiger partial charge on any atom is -0.370 e. The molecule has 0 saturated carbocycles. The second-order valence-electron chi connectivity index (χ2n) is 11.6. The molecule has 0 spiro atoms. The van der Waals surface area contributed by atoms with E-state index in [1.165, 1.54) is 39.8 Å². The van der Waals surface area contributed by atoms with Gasteiger partial charge < -0.3 is 4.90 Å². The molecular formula is C33H39N. The normalized spacial score (nSPS) is 22.6. The van der Waals surface area contributed by atoms with Crippen LogP contribution >= 0.6 is 0 Å². The van der Waals surface area contributed by atoms with E-state index in [1.807, 2.05) is 0 Å². The molecule has 3 aliphatic rings. The third-order valence-electron chi connectivity index (χ3n) is 7.94. The molecule has 2 aliphatic heterocycles. The molecule has 2 atom stereocenters. The van der Waals surface area contributed by atoms with Gasteiger partial charge in [0, 0.05) is 30.6 Å². The molecule has 1 fully saturated rings. The summed E-state index contributed by atoms with van der Waals surface area (Å²) in [6.45, 7) is 16.8. The standard InChI is InChI=1S/C33H39N/c1-23(2)12-11-13-24(3)18-29-32(28-19-26-16-9-10-17-27(26)20-28)31(25-14-7-6-8-15-25)30-21-33(4,5)22-34(29)30/h6-10,14-17,19,30-31H,1,3,11-13,18,20-22H2,2,4-5H3. The van der Waals surface area contributed by atoms with Crippen molar-refractivity contribution in [3.63, 3.8) is 0 Å². The van der Waals surface area contributed by atoms with Crippen molar-refractivity contribution < 1.29 is 0 Å². The molecule has 5 rings (SSSR count). The van der Waals surface area contributed by atoms with Gasteiger partial charge in [-0.05, 0) is 72.3 Å². The van der Waals surface area contributed by atoms with E-state index in [4.69, 9.17) is 0 Å². The van der Waals surface area contributed by atoms with Gasteiger partial charge in [0.1, 0.15) is 0 Å². The predicted octanol–water partition coefficient (Wildman–Crippen LogP) is 8.47. The summed E-state index contributed by atoms with van der Waals surface area (Å²) in [5, 5.41) is 0. The maximum atomic E-state index is 4.55. The first kappa shape index (κ1) is 23.0. The lowest BCUT2D eigenvalue weighted by atomic mass is 9.78. The SMILES string of the molecule is C=C(C)CCCC(=C)CC1=C(C2=Cc3ccccc3C2)C(c2ccccc2)C2CC(C)(C)CN12. The highest BCUT2D eigenvalue weighted by molar-refractivity contribution is 5.71. The van der Waals surface area contributed by atoms with E-state index in [2.05, 4.69) is 99.5 Å². The lowest BCUT2D eigenvalue weighted by Crippen LogP contribution is -2.27. The molecule has 0 radical (unpaired) electrons. The lowest BCUT2D eigenvalue weighted by Gasteiger charge is -2.26. The molecule has 2 heterocycles. The fraction of sp³-hybridized carbons (Fsp3) is 0.394. The Bertz CT molecular complexity index is 1160. The molecule has 0 bridgehead atoms. The Morgan fingerprint density at radius 2 is 1.74 bits per heavy atom. The van der Waals surface area contributed by atoms with Gasteiger partial charge in [-0.3, -0.25) is 0 Å². The van der Waals surface area contributed by atoms with Gasteiger partial charge >= 0.3 is 0 Å². The monoisotopic (exact) mass is 449 g/mol. The number of hydrogen-bond donors (Lipinski definition) is 0. The summed E-state index contributed by atoms with van der Waals surface area (Å²) in [6, 6.07) is 20.7. The van der Waals surface area contributed by atoms with E-state index in [0.717, 1.165) is 38.6 Å². The Morgan fingerprint density at radius 1 is 1.00 bits per heavy atom. The highest BCUT2D eigenvalue weighted by Crippen LogP contribution is 2.55. The second-order valence-corrected chi connectivity index (χ2v) is 11.6. The third-order valence-corrected chi connectivity index (χ3v) is 7.94. The molecule has 1 aliphatic carbocycles. The number of hydrogen-bond acceptors (Lipinski definition) is 1. The maximum Gasteiger partial charge on any atom is 0.0403 e. The highest BCUT2D eigenvalue weighted by Gasteiger charge is 2.50. The first-order chi connectivity index (χ1) is 16.3. The van der Waals surface area contributed by atoms with E-state index in [0.29, 0.717) is 17.4 Å². The average molecular weight is 450 g/mol. The van der Waals surface area contributed by atoms with E-state index in [9.17, 15) is 0 Å². The molecule has 34 heavy (non-hydrogen) atoms. The molecule has 1 heteroatoms. The van der Waals surface area contributed by atoms with E-state index >= 15 is 0 Å². The summed E-state index contributed by atoms with van der Waals surface area (Å²) < 4.78 is 0. The van der Waals surface area contributed by atoms with Gasteiger partial charge in [-0.15, -0.1) is 6.58 Å². The van der Waals surface area contributed by atoms with Gasteiger partial charge in [0.2, 0.25) is 0 Å². The summed E-state index contributed by atoms with van der Waals surface area (Å²) in [5.41, 5.74) is 11.9. The van der Waals surface area contributed by atoms with Gasteiger partial charge in [0.05, 0.1) is 0 Å².